The molecule has 2 saturated heterocycles. The van der Waals surface area contributed by atoms with Crippen molar-refractivity contribution in [3.8, 4) is 0 Å². The summed E-state index contributed by atoms with van der Waals surface area (Å²) >= 11 is 0. The van der Waals surface area contributed by atoms with Crippen molar-refractivity contribution in [2.45, 2.75) is 45.3 Å². The van der Waals surface area contributed by atoms with Crippen LogP contribution in [0, 0.1) is 0 Å². The fourth-order valence-electron chi connectivity index (χ4n) is 4.21. The number of imidazole rings is 1. The van der Waals surface area contributed by atoms with Crippen molar-refractivity contribution in [2.24, 2.45) is 0 Å². The molecule has 26 heavy (non-hydrogen) atoms. The van der Waals surface area contributed by atoms with Gasteiger partial charge in [-0.15, -0.1) is 0 Å². The number of hydrogen-bond donors (Lipinski definition) is 1. The highest BCUT2D eigenvalue weighted by Crippen LogP contribution is 2.36. The van der Waals surface area contributed by atoms with E-state index in [0.717, 1.165) is 36.2 Å². The second-order valence-electron chi connectivity index (χ2n) is 7.19. The molecular weight excluding hydrogens is 350 g/mol. The van der Waals surface area contributed by atoms with Crippen LogP contribution in [0.25, 0.3) is 11.0 Å². The first kappa shape index (κ1) is 17.9. The van der Waals surface area contributed by atoms with E-state index >= 15 is 0 Å². The highest BCUT2D eigenvalue weighted by atomic mass is 32.2. The Kier molecular flexibility index (Phi) is 4.77. The number of para-hydroxylation sites is 2. The maximum absolute atomic E-state index is 13.3. The summed E-state index contributed by atoms with van der Waals surface area (Å²) < 4.78 is 32.1. The Labute approximate surface area is 155 Å². The molecule has 2 fully saturated rings. The smallest absolute Gasteiger partial charge is 0.282 e. The van der Waals surface area contributed by atoms with Gasteiger partial charge in [0.2, 0.25) is 0 Å². The molecule has 0 bridgehead atoms. The molecule has 4 rings (SSSR count). The van der Waals surface area contributed by atoms with Crippen LogP contribution in [0.5, 0.6) is 0 Å². The van der Waals surface area contributed by atoms with E-state index in [-0.39, 0.29) is 12.1 Å². The van der Waals surface area contributed by atoms with E-state index in [2.05, 4.69) is 22.9 Å². The zero-order valence-corrected chi connectivity index (χ0v) is 16.2. The molecule has 8 heteroatoms. The Balaban J connectivity index is 1.71. The molecule has 1 N–H and O–H groups in total. The molecular formula is C18H27N5O2S. The molecule has 2 atom stereocenters. The summed E-state index contributed by atoms with van der Waals surface area (Å²) in [6, 6.07) is 8.03. The van der Waals surface area contributed by atoms with Crippen molar-refractivity contribution in [3.05, 3.63) is 30.1 Å². The summed E-state index contributed by atoms with van der Waals surface area (Å²) in [5, 5.41) is 3.31. The number of fused-ring (bicyclic) bond motifs is 1. The molecule has 2 aromatic rings. The van der Waals surface area contributed by atoms with Crippen LogP contribution < -0.4 is 5.32 Å². The number of hydrogen-bond acceptors (Lipinski definition) is 4. The topological polar surface area (TPSA) is 70.5 Å². The monoisotopic (exact) mass is 377 g/mol. The van der Waals surface area contributed by atoms with Crippen LogP contribution in [-0.4, -0.2) is 58.8 Å². The third kappa shape index (κ3) is 2.94. The van der Waals surface area contributed by atoms with E-state index in [4.69, 9.17) is 4.98 Å². The standard InChI is InChI=1S/C18H27N5O2S/c1-3-22-16-8-5-4-7-15(16)20-18(22)17-9-6-11-23(17)26(24,25)21-12-10-19-14(2)13-21/h4-5,7-8,14,17,19H,3,6,9-13H2,1-2H3. The van der Waals surface area contributed by atoms with Gasteiger partial charge in [0.05, 0.1) is 17.1 Å². The molecule has 2 aliphatic heterocycles. The number of nitrogens with zero attached hydrogens (tertiary/aromatic N) is 4. The molecule has 0 aliphatic carbocycles. The largest absolute Gasteiger partial charge is 0.327 e. The Morgan fingerprint density at radius 2 is 2.08 bits per heavy atom. The SMILES string of the molecule is CCn1c(C2CCCN2S(=O)(=O)N2CCNC(C)C2)nc2ccccc21. The highest BCUT2D eigenvalue weighted by molar-refractivity contribution is 7.86. The van der Waals surface area contributed by atoms with Gasteiger partial charge in [-0.3, -0.25) is 0 Å². The molecule has 0 amide bonds. The number of rotatable bonds is 4. The highest BCUT2D eigenvalue weighted by Gasteiger charge is 2.41. The lowest BCUT2D eigenvalue weighted by Gasteiger charge is -2.35. The van der Waals surface area contributed by atoms with E-state index in [9.17, 15) is 8.42 Å². The Bertz CT molecular complexity index is 894. The van der Waals surface area contributed by atoms with Crippen molar-refractivity contribution in [1.29, 1.82) is 0 Å². The Morgan fingerprint density at radius 3 is 2.85 bits per heavy atom. The van der Waals surface area contributed by atoms with Crippen molar-refractivity contribution in [3.63, 3.8) is 0 Å². The van der Waals surface area contributed by atoms with Crippen LogP contribution in [0.4, 0.5) is 0 Å². The molecule has 2 aliphatic rings. The maximum Gasteiger partial charge on any atom is 0.282 e. The lowest BCUT2D eigenvalue weighted by Crippen LogP contribution is -2.55. The minimum atomic E-state index is -3.48. The average Bonchev–Trinajstić information content (AvgIpc) is 3.26. The van der Waals surface area contributed by atoms with Gasteiger partial charge in [-0.05, 0) is 38.8 Å². The minimum absolute atomic E-state index is 0.180. The molecule has 0 radical (unpaired) electrons. The van der Waals surface area contributed by atoms with Gasteiger partial charge < -0.3 is 9.88 Å². The fraction of sp³-hybridized carbons (Fsp3) is 0.611. The van der Waals surface area contributed by atoms with Crippen molar-refractivity contribution < 1.29 is 8.42 Å². The summed E-state index contributed by atoms with van der Waals surface area (Å²) in [6.45, 7) is 7.22. The average molecular weight is 378 g/mol. The number of aryl methyl sites for hydroxylation is 1. The maximum atomic E-state index is 13.3. The fourth-order valence-corrected chi connectivity index (χ4v) is 6.12. The summed E-state index contributed by atoms with van der Waals surface area (Å²) in [4.78, 5) is 4.82. The van der Waals surface area contributed by atoms with Gasteiger partial charge in [0.1, 0.15) is 5.82 Å². The minimum Gasteiger partial charge on any atom is -0.327 e. The molecule has 3 heterocycles. The first-order valence-electron chi connectivity index (χ1n) is 9.48. The molecule has 142 valence electrons. The van der Waals surface area contributed by atoms with Crippen LogP contribution in [0.3, 0.4) is 0 Å². The molecule has 0 spiro atoms. The van der Waals surface area contributed by atoms with Crippen LogP contribution >= 0.6 is 0 Å². The number of benzene rings is 1. The van der Waals surface area contributed by atoms with Gasteiger partial charge in [-0.1, -0.05) is 12.1 Å². The number of piperazine rings is 1. The number of nitrogens with one attached hydrogen (secondary N) is 1. The van der Waals surface area contributed by atoms with Crippen LogP contribution in [-0.2, 0) is 16.8 Å². The predicted octanol–water partition coefficient (Wildman–Crippen LogP) is 1.73. The van der Waals surface area contributed by atoms with E-state index in [1.807, 2.05) is 25.1 Å². The molecule has 1 aromatic heterocycles. The molecule has 7 nitrogen and oxygen atoms in total. The van der Waals surface area contributed by atoms with Gasteiger partial charge in [0.25, 0.3) is 10.2 Å². The van der Waals surface area contributed by atoms with Gasteiger partial charge >= 0.3 is 0 Å². The third-order valence-electron chi connectivity index (χ3n) is 5.46. The zero-order valence-electron chi connectivity index (χ0n) is 15.4. The Hall–Kier alpha value is -1.48. The first-order valence-corrected chi connectivity index (χ1v) is 10.9. The van der Waals surface area contributed by atoms with Crippen molar-refractivity contribution >= 4 is 21.2 Å². The van der Waals surface area contributed by atoms with Gasteiger partial charge in [0, 0.05) is 38.8 Å². The van der Waals surface area contributed by atoms with Crippen molar-refractivity contribution in [1.82, 2.24) is 23.5 Å². The molecule has 1 aromatic carbocycles. The zero-order chi connectivity index (χ0) is 18.3. The summed E-state index contributed by atoms with van der Waals surface area (Å²) in [7, 11) is -3.48. The summed E-state index contributed by atoms with van der Waals surface area (Å²) in [5.74, 6) is 0.873. The van der Waals surface area contributed by atoms with Gasteiger partial charge in [-0.2, -0.15) is 17.0 Å². The quantitative estimate of drug-likeness (QED) is 0.881. The third-order valence-corrected chi connectivity index (χ3v) is 7.47. The predicted molar refractivity (Wildman–Crippen MR) is 102 cm³/mol. The van der Waals surface area contributed by atoms with Crippen LogP contribution in [0.1, 0.15) is 38.6 Å². The summed E-state index contributed by atoms with van der Waals surface area (Å²) in [5.41, 5.74) is 2.01. The number of aromatic nitrogens is 2. The second kappa shape index (κ2) is 6.92. The van der Waals surface area contributed by atoms with Gasteiger partial charge in [-0.25, -0.2) is 4.98 Å². The summed E-state index contributed by atoms with van der Waals surface area (Å²) in [6.07, 6.45) is 1.70. The van der Waals surface area contributed by atoms with Crippen molar-refractivity contribution in [2.75, 3.05) is 26.2 Å². The van der Waals surface area contributed by atoms with Gasteiger partial charge in [0.15, 0.2) is 0 Å². The van der Waals surface area contributed by atoms with Crippen LogP contribution in [0.15, 0.2) is 24.3 Å². The normalized spacial score (nSPS) is 25.9. The van der Waals surface area contributed by atoms with E-state index < -0.39 is 10.2 Å². The molecule has 0 saturated carbocycles. The van der Waals surface area contributed by atoms with E-state index in [0.29, 0.717) is 26.2 Å². The lowest BCUT2D eigenvalue weighted by atomic mass is 10.2. The Morgan fingerprint density at radius 1 is 1.27 bits per heavy atom. The van der Waals surface area contributed by atoms with E-state index in [1.54, 1.807) is 8.61 Å². The second-order valence-corrected chi connectivity index (χ2v) is 9.07. The molecule has 2 unspecified atom stereocenters. The first-order chi connectivity index (χ1) is 12.5. The van der Waals surface area contributed by atoms with Crippen LogP contribution in [0.2, 0.25) is 0 Å². The lowest BCUT2D eigenvalue weighted by molar-refractivity contribution is 0.272. The van der Waals surface area contributed by atoms with E-state index in [1.165, 1.54) is 0 Å².